The van der Waals surface area contributed by atoms with E-state index >= 15 is 0 Å². The number of sulfonamides is 1. The Labute approximate surface area is 126 Å². The van der Waals surface area contributed by atoms with E-state index in [-0.39, 0.29) is 11.5 Å². The van der Waals surface area contributed by atoms with E-state index in [0.717, 1.165) is 19.6 Å². The standard InChI is InChI=1S/C13H24N4O3S/c1-11-13(12(2)17(15-11)9-10-18)21(19,20)14-5-8-16-6-3-4-7-16/h14,18H,3-10H2,1-2H3. The second-order valence-electron chi connectivity index (χ2n) is 5.39. The molecule has 1 fully saturated rings. The van der Waals surface area contributed by atoms with Gasteiger partial charge in [0.25, 0.3) is 0 Å². The van der Waals surface area contributed by atoms with Crippen molar-refractivity contribution in [3.05, 3.63) is 11.4 Å². The van der Waals surface area contributed by atoms with Crippen LogP contribution in [0, 0.1) is 13.8 Å². The van der Waals surface area contributed by atoms with Crippen molar-refractivity contribution in [2.24, 2.45) is 0 Å². The normalized spacial score (nSPS) is 16.7. The number of nitrogens with one attached hydrogen (secondary N) is 1. The van der Waals surface area contributed by atoms with Gasteiger partial charge in [0.2, 0.25) is 10.0 Å². The van der Waals surface area contributed by atoms with Crippen molar-refractivity contribution in [2.75, 3.05) is 32.8 Å². The van der Waals surface area contributed by atoms with Crippen LogP contribution in [0.4, 0.5) is 0 Å². The molecule has 1 saturated heterocycles. The third kappa shape index (κ3) is 3.82. The number of aliphatic hydroxyl groups is 1. The minimum atomic E-state index is -3.55. The smallest absolute Gasteiger partial charge is 0.244 e. The minimum Gasteiger partial charge on any atom is -0.394 e. The predicted octanol–water partition coefficient (Wildman–Crippen LogP) is -0.134. The molecule has 120 valence electrons. The van der Waals surface area contributed by atoms with E-state index in [4.69, 9.17) is 5.11 Å². The lowest BCUT2D eigenvalue weighted by Gasteiger charge is -2.15. The molecular formula is C13H24N4O3S. The second-order valence-corrected chi connectivity index (χ2v) is 7.10. The Hall–Kier alpha value is -0.960. The van der Waals surface area contributed by atoms with Crippen LogP contribution in [-0.2, 0) is 16.6 Å². The van der Waals surface area contributed by atoms with Crippen molar-refractivity contribution < 1.29 is 13.5 Å². The summed E-state index contributed by atoms with van der Waals surface area (Å²) in [5.74, 6) is 0. The number of rotatable bonds is 7. The molecule has 7 nitrogen and oxygen atoms in total. The quantitative estimate of drug-likeness (QED) is 0.731. The number of hydrogen-bond acceptors (Lipinski definition) is 5. The summed E-state index contributed by atoms with van der Waals surface area (Å²) in [4.78, 5) is 2.50. The molecule has 21 heavy (non-hydrogen) atoms. The lowest BCUT2D eigenvalue weighted by molar-refractivity contribution is 0.267. The van der Waals surface area contributed by atoms with Gasteiger partial charge in [0.15, 0.2) is 0 Å². The summed E-state index contributed by atoms with van der Waals surface area (Å²) in [6.45, 7) is 6.87. The second kappa shape index (κ2) is 6.87. The summed E-state index contributed by atoms with van der Waals surface area (Å²) in [6.07, 6.45) is 2.39. The first-order valence-corrected chi connectivity index (χ1v) is 8.81. The van der Waals surface area contributed by atoms with Gasteiger partial charge in [-0.15, -0.1) is 0 Å². The van der Waals surface area contributed by atoms with Gasteiger partial charge < -0.3 is 10.0 Å². The van der Waals surface area contributed by atoms with E-state index in [1.807, 2.05) is 0 Å². The highest BCUT2D eigenvalue weighted by Crippen LogP contribution is 2.19. The summed E-state index contributed by atoms with van der Waals surface area (Å²) in [5, 5.41) is 13.2. The van der Waals surface area contributed by atoms with Crippen LogP contribution in [0.3, 0.4) is 0 Å². The predicted molar refractivity (Wildman–Crippen MR) is 79.6 cm³/mol. The van der Waals surface area contributed by atoms with Crippen LogP contribution in [0.25, 0.3) is 0 Å². The van der Waals surface area contributed by atoms with Gasteiger partial charge in [-0.25, -0.2) is 13.1 Å². The van der Waals surface area contributed by atoms with Gasteiger partial charge in [0.05, 0.1) is 24.5 Å². The van der Waals surface area contributed by atoms with Crippen LogP contribution < -0.4 is 4.72 Å². The fourth-order valence-corrected chi connectivity index (χ4v) is 4.23. The van der Waals surface area contributed by atoms with Crippen LogP contribution in [0.2, 0.25) is 0 Å². The third-order valence-electron chi connectivity index (χ3n) is 3.81. The molecule has 0 spiro atoms. The molecule has 1 aromatic rings. The Bertz CT molecular complexity index is 576. The monoisotopic (exact) mass is 316 g/mol. The molecule has 0 saturated carbocycles. The number of aliphatic hydroxyl groups excluding tert-OH is 1. The minimum absolute atomic E-state index is 0.0656. The molecule has 0 atom stereocenters. The van der Waals surface area contributed by atoms with Crippen LogP contribution in [0.1, 0.15) is 24.2 Å². The maximum absolute atomic E-state index is 12.4. The Morgan fingerprint density at radius 1 is 1.24 bits per heavy atom. The van der Waals surface area contributed by atoms with Crippen LogP contribution in [0.15, 0.2) is 4.90 Å². The summed E-state index contributed by atoms with van der Waals surface area (Å²) < 4.78 is 29.0. The van der Waals surface area contributed by atoms with Crippen molar-refractivity contribution in [1.29, 1.82) is 0 Å². The Morgan fingerprint density at radius 3 is 2.52 bits per heavy atom. The first-order valence-electron chi connectivity index (χ1n) is 7.32. The summed E-state index contributed by atoms with van der Waals surface area (Å²) in [6, 6.07) is 0. The van der Waals surface area contributed by atoms with E-state index < -0.39 is 10.0 Å². The largest absolute Gasteiger partial charge is 0.394 e. The third-order valence-corrected chi connectivity index (χ3v) is 5.53. The lowest BCUT2D eigenvalue weighted by atomic mass is 10.4. The van der Waals surface area contributed by atoms with E-state index in [9.17, 15) is 8.42 Å². The molecular weight excluding hydrogens is 292 g/mol. The fraction of sp³-hybridized carbons (Fsp3) is 0.769. The van der Waals surface area contributed by atoms with Gasteiger partial charge in [0, 0.05) is 13.1 Å². The van der Waals surface area contributed by atoms with Gasteiger partial charge in [0.1, 0.15) is 4.90 Å². The van der Waals surface area contributed by atoms with E-state index in [2.05, 4.69) is 14.7 Å². The van der Waals surface area contributed by atoms with Crippen molar-refractivity contribution in [3.8, 4) is 0 Å². The Morgan fingerprint density at radius 2 is 1.90 bits per heavy atom. The SMILES string of the molecule is Cc1nn(CCO)c(C)c1S(=O)(=O)NCCN1CCCC1. The number of aryl methyl sites for hydroxylation is 1. The zero-order chi connectivity index (χ0) is 15.5. The van der Waals surface area contributed by atoms with Gasteiger partial charge >= 0.3 is 0 Å². The van der Waals surface area contributed by atoms with E-state index in [0.29, 0.717) is 24.5 Å². The first-order chi connectivity index (χ1) is 9.95. The highest BCUT2D eigenvalue weighted by Gasteiger charge is 2.24. The number of hydrogen-bond donors (Lipinski definition) is 2. The Kier molecular flexibility index (Phi) is 5.37. The molecule has 8 heteroatoms. The lowest BCUT2D eigenvalue weighted by Crippen LogP contribution is -2.33. The van der Waals surface area contributed by atoms with Crippen molar-refractivity contribution >= 4 is 10.0 Å². The van der Waals surface area contributed by atoms with Crippen LogP contribution in [-0.4, -0.2) is 61.0 Å². The zero-order valence-electron chi connectivity index (χ0n) is 12.7. The average molecular weight is 316 g/mol. The molecule has 1 aliphatic rings. The number of aromatic nitrogens is 2. The molecule has 1 aromatic heterocycles. The first kappa shape index (κ1) is 16.4. The van der Waals surface area contributed by atoms with Crippen molar-refractivity contribution in [1.82, 2.24) is 19.4 Å². The van der Waals surface area contributed by atoms with Crippen molar-refractivity contribution in [3.63, 3.8) is 0 Å². The van der Waals surface area contributed by atoms with Crippen molar-refractivity contribution in [2.45, 2.75) is 38.1 Å². The number of nitrogens with zero attached hydrogens (tertiary/aromatic N) is 3. The summed E-state index contributed by atoms with van der Waals surface area (Å²) in [5.41, 5.74) is 1.03. The van der Waals surface area contributed by atoms with Gasteiger partial charge in [-0.1, -0.05) is 0 Å². The molecule has 0 bridgehead atoms. The fourth-order valence-electron chi connectivity index (χ4n) is 2.80. The van der Waals surface area contributed by atoms with Crippen LogP contribution >= 0.6 is 0 Å². The van der Waals surface area contributed by atoms with Gasteiger partial charge in [-0.3, -0.25) is 4.68 Å². The van der Waals surface area contributed by atoms with Gasteiger partial charge in [-0.05, 0) is 39.8 Å². The van der Waals surface area contributed by atoms with E-state index in [1.54, 1.807) is 13.8 Å². The topological polar surface area (TPSA) is 87.5 Å². The maximum Gasteiger partial charge on any atom is 0.244 e. The van der Waals surface area contributed by atoms with E-state index in [1.165, 1.54) is 17.5 Å². The molecule has 2 N–H and O–H groups in total. The highest BCUT2D eigenvalue weighted by molar-refractivity contribution is 7.89. The maximum atomic E-state index is 12.4. The summed E-state index contributed by atoms with van der Waals surface area (Å²) in [7, 11) is -3.55. The summed E-state index contributed by atoms with van der Waals surface area (Å²) >= 11 is 0. The van der Waals surface area contributed by atoms with Crippen LogP contribution in [0.5, 0.6) is 0 Å². The number of likely N-dealkylation sites (tertiary alicyclic amines) is 1. The molecule has 0 amide bonds. The molecule has 0 aromatic carbocycles. The molecule has 2 heterocycles. The molecule has 1 aliphatic heterocycles. The molecule has 0 unspecified atom stereocenters. The molecule has 2 rings (SSSR count). The van der Waals surface area contributed by atoms with Gasteiger partial charge in [-0.2, -0.15) is 5.10 Å². The average Bonchev–Trinajstić information content (AvgIpc) is 2.99. The molecule has 0 radical (unpaired) electrons. The zero-order valence-corrected chi connectivity index (χ0v) is 13.5. The Balaban J connectivity index is 2.04. The highest BCUT2D eigenvalue weighted by atomic mass is 32.2. The molecule has 0 aliphatic carbocycles.